The molecule has 4 aromatic rings. The van der Waals surface area contributed by atoms with E-state index in [0.717, 1.165) is 22.3 Å². The van der Waals surface area contributed by atoms with Gasteiger partial charge in [-0.05, 0) is 29.3 Å². The first-order chi connectivity index (χ1) is 15.1. The number of benzene rings is 2. The molecular formula is C23H17N5O3. The fourth-order valence-corrected chi connectivity index (χ4v) is 3.99. The van der Waals surface area contributed by atoms with Crippen molar-refractivity contribution in [2.75, 3.05) is 0 Å². The van der Waals surface area contributed by atoms with E-state index in [4.69, 9.17) is 0 Å². The Balaban J connectivity index is 1.64. The smallest absolute Gasteiger partial charge is 0.273 e. The number of hydrogen-bond acceptors (Lipinski definition) is 5. The number of hydrogen-bond donors (Lipinski definition) is 1. The average Bonchev–Trinajstić information content (AvgIpc) is 3.35. The standard InChI is InChI=1S/C23H17N5O3/c29-23-21-19(20(25-26-21)16-6-2-1-3-7-16)22(17-8-10-18(11-9-17)28(30)31)27(23)14-15-5-4-12-24-13-15/h1-13,22H,14H2,(H,25,26). The number of aromatic nitrogens is 3. The zero-order valence-corrected chi connectivity index (χ0v) is 16.3. The second-order valence-electron chi connectivity index (χ2n) is 7.27. The van der Waals surface area contributed by atoms with Crippen LogP contribution < -0.4 is 0 Å². The number of pyridine rings is 1. The van der Waals surface area contributed by atoms with Crippen molar-refractivity contribution >= 4 is 11.6 Å². The van der Waals surface area contributed by atoms with Crippen molar-refractivity contribution in [3.8, 4) is 11.3 Å². The van der Waals surface area contributed by atoms with Gasteiger partial charge in [0, 0.05) is 42.2 Å². The van der Waals surface area contributed by atoms with Gasteiger partial charge in [-0.2, -0.15) is 5.10 Å². The zero-order chi connectivity index (χ0) is 21.4. The molecule has 31 heavy (non-hydrogen) atoms. The topological polar surface area (TPSA) is 105 Å². The van der Waals surface area contributed by atoms with Gasteiger partial charge in [-0.3, -0.25) is 25.0 Å². The molecule has 0 saturated carbocycles. The fourth-order valence-electron chi connectivity index (χ4n) is 3.99. The molecule has 2 aromatic carbocycles. The Kier molecular flexibility index (Phi) is 4.51. The molecule has 0 radical (unpaired) electrons. The van der Waals surface area contributed by atoms with Crippen molar-refractivity contribution in [2.24, 2.45) is 0 Å². The third kappa shape index (κ3) is 3.24. The predicted molar refractivity (Wildman–Crippen MR) is 113 cm³/mol. The van der Waals surface area contributed by atoms with Crippen LogP contribution in [0.4, 0.5) is 5.69 Å². The van der Waals surface area contributed by atoms with E-state index in [0.29, 0.717) is 17.9 Å². The van der Waals surface area contributed by atoms with Crippen molar-refractivity contribution in [3.05, 3.63) is 112 Å². The van der Waals surface area contributed by atoms with Gasteiger partial charge in [0.2, 0.25) is 0 Å². The molecule has 1 amide bonds. The summed E-state index contributed by atoms with van der Waals surface area (Å²) in [5, 5.41) is 18.4. The van der Waals surface area contributed by atoms with E-state index in [1.807, 2.05) is 42.5 Å². The van der Waals surface area contributed by atoms with Gasteiger partial charge in [-0.25, -0.2) is 0 Å². The van der Waals surface area contributed by atoms with Crippen LogP contribution in [-0.4, -0.2) is 30.9 Å². The molecule has 1 aliphatic rings. The maximum atomic E-state index is 13.3. The third-order valence-corrected chi connectivity index (χ3v) is 5.41. The summed E-state index contributed by atoms with van der Waals surface area (Å²) < 4.78 is 0. The second-order valence-corrected chi connectivity index (χ2v) is 7.27. The maximum absolute atomic E-state index is 13.3. The Morgan fingerprint density at radius 2 is 1.81 bits per heavy atom. The number of nitrogens with zero attached hydrogens (tertiary/aromatic N) is 4. The van der Waals surface area contributed by atoms with Crippen LogP contribution in [0.25, 0.3) is 11.3 Å². The highest BCUT2D eigenvalue weighted by molar-refractivity contribution is 6.00. The lowest BCUT2D eigenvalue weighted by atomic mass is 9.96. The number of non-ortho nitro benzene ring substituents is 1. The summed E-state index contributed by atoms with van der Waals surface area (Å²) in [5.74, 6) is -0.170. The van der Waals surface area contributed by atoms with Crippen LogP contribution in [0.1, 0.15) is 33.2 Å². The summed E-state index contributed by atoms with van der Waals surface area (Å²) in [4.78, 5) is 29.9. The van der Waals surface area contributed by atoms with Crippen LogP contribution in [0.5, 0.6) is 0 Å². The normalized spacial score (nSPS) is 15.2. The number of nitro benzene ring substituents is 1. The minimum absolute atomic E-state index is 0.00239. The molecule has 8 nitrogen and oxygen atoms in total. The van der Waals surface area contributed by atoms with Gasteiger partial charge < -0.3 is 4.90 Å². The van der Waals surface area contributed by atoms with Crippen molar-refractivity contribution in [1.29, 1.82) is 0 Å². The van der Waals surface area contributed by atoms with E-state index in [1.54, 1.807) is 29.4 Å². The number of carbonyl (C=O) groups excluding carboxylic acids is 1. The van der Waals surface area contributed by atoms with Gasteiger partial charge in [0.25, 0.3) is 11.6 Å². The van der Waals surface area contributed by atoms with E-state index >= 15 is 0 Å². The number of aromatic amines is 1. The van der Waals surface area contributed by atoms with E-state index in [1.165, 1.54) is 12.1 Å². The molecule has 0 spiro atoms. The summed E-state index contributed by atoms with van der Waals surface area (Å²) >= 11 is 0. The Bertz CT molecular complexity index is 1250. The average molecular weight is 411 g/mol. The number of nitrogens with one attached hydrogen (secondary N) is 1. The lowest BCUT2D eigenvalue weighted by Crippen LogP contribution is -2.29. The van der Waals surface area contributed by atoms with E-state index in [9.17, 15) is 14.9 Å². The fraction of sp³-hybridized carbons (Fsp3) is 0.0870. The first-order valence-electron chi connectivity index (χ1n) is 9.71. The summed E-state index contributed by atoms with van der Waals surface area (Å²) in [6, 6.07) is 19.3. The molecular weight excluding hydrogens is 394 g/mol. The molecule has 1 N–H and O–H groups in total. The highest BCUT2D eigenvalue weighted by Gasteiger charge is 2.42. The lowest BCUT2D eigenvalue weighted by Gasteiger charge is -2.26. The van der Waals surface area contributed by atoms with E-state index < -0.39 is 11.0 Å². The van der Waals surface area contributed by atoms with Gasteiger partial charge in [0.05, 0.1) is 16.7 Å². The van der Waals surface area contributed by atoms with Crippen molar-refractivity contribution < 1.29 is 9.72 Å². The molecule has 1 unspecified atom stereocenters. The molecule has 0 aliphatic carbocycles. The monoisotopic (exact) mass is 411 g/mol. The van der Waals surface area contributed by atoms with Crippen LogP contribution in [-0.2, 0) is 6.54 Å². The Morgan fingerprint density at radius 1 is 1.03 bits per heavy atom. The minimum Gasteiger partial charge on any atom is -0.322 e. The molecule has 3 heterocycles. The minimum atomic E-state index is -0.435. The number of carbonyl (C=O) groups is 1. The summed E-state index contributed by atoms with van der Waals surface area (Å²) in [5.41, 5.74) is 4.47. The summed E-state index contributed by atoms with van der Waals surface area (Å²) in [7, 11) is 0. The van der Waals surface area contributed by atoms with Crippen LogP contribution in [0.2, 0.25) is 0 Å². The molecule has 0 saturated heterocycles. The first-order valence-corrected chi connectivity index (χ1v) is 9.71. The quantitative estimate of drug-likeness (QED) is 0.393. The highest BCUT2D eigenvalue weighted by atomic mass is 16.6. The van der Waals surface area contributed by atoms with Gasteiger partial charge in [-0.15, -0.1) is 0 Å². The number of H-pyrrole nitrogens is 1. The molecule has 1 aliphatic heterocycles. The molecule has 5 rings (SSSR count). The Morgan fingerprint density at radius 3 is 2.48 bits per heavy atom. The van der Waals surface area contributed by atoms with Crippen molar-refractivity contribution in [1.82, 2.24) is 20.1 Å². The summed E-state index contributed by atoms with van der Waals surface area (Å²) in [6.45, 7) is 0.352. The van der Waals surface area contributed by atoms with Crippen LogP contribution in [0, 0.1) is 10.1 Å². The lowest BCUT2D eigenvalue weighted by molar-refractivity contribution is -0.384. The largest absolute Gasteiger partial charge is 0.322 e. The Hall–Kier alpha value is -4.33. The Labute approximate surface area is 177 Å². The first kappa shape index (κ1) is 18.7. The molecule has 2 aromatic heterocycles. The molecule has 0 bridgehead atoms. The summed E-state index contributed by atoms with van der Waals surface area (Å²) in [6.07, 6.45) is 3.41. The van der Waals surface area contributed by atoms with Gasteiger partial charge in [-0.1, -0.05) is 36.4 Å². The molecule has 8 heteroatoms. The van der Waals surface area contributed by atoms with Crippen LogP contribution in [0.15, 0.2) is 79.1 Å². The predicted octanol–water partition coefficient (Wildman–Crippen LogP) is 4.13. The number of rotatable bonds is 5. The van der Waals surface area contributed by atoms with E-state index in [2.05, 4.69) is 15.2 Å². The molecule has 1 atom stereocenters. The SMILES string of the molecule is O=C1c2[nH]nc(-c3ccccc3)c2C(c2ccc([N+](=O)[O-])cc2)N1Cc1cccnc1. The number of fused-ring (bicyclic) bond motifs is 1. The van der Waals surface area contributed by atoms with Gasteiger partial charge >= 0.3 is 0 Å². The van der Waals surface area contributed by atoms with Crippen molar-refractivity contribution in [3.63, 3.8) is 0 Å². The number of amides is 1. The molecule has 0 fully saturated rings. The van der Waals surface area contributed by atoms with Gasteiger partial charge in [0.15, 0.2) is 0 Å². The van der Waals surface area contributed by atoms with Gasteiger partial charge in [0.1, 0.15) is 5.69 Å². The van der Waals surface area contributed by atoms with E-state index in [-0.39, 0.29) is 11.6 Å². The maximum Gasteiger partial charge on any atom is 0.273 e. The third-order valence-electron chi connectivity index (χ3n) is 5.41. The van der Waals surface area contributed by atoms with Crippen LogP contribution >= 0.6 is 0 Å². The highest BCUT2D eigenvalue weighted by Crippen LogP contribution is 2.43. The second kappa shape index (κ2) is 7.49. The number of nitro groups is 1. The van der Waals surface area contributed by atoms with Crippen LogP contribution in [0.3, 0.4) is 0 Å². The van der Waals surface area contributed by atoms with Crippen molar-refractivity contribution in [2.45, 2.75) is 12.6 Å². The molecule has 152 valence electrons. The zero-order valence-electron chi connectivity index (χ0n) is 16.3.